The maximum atomic E-state index is 10.6. The smallest absolute Gasteiger partial charge is 0.466 e. The molecular formula is C35H45ClN3O7PS. The van der Waals surface area contributed by atoms with Gasteiger partial charge in [-0.1, -0.05) is 54.2 Å². The van der Waals surface area contributed by atoms with Gasteiger partial charge in [0, 0.05) is 45.3 Å². The van der Waals surface area contributed by atoms with Crippen LogP contribution >= 0.6 is 32.0 Å². The van der Waals surface area contributed by atoms with Crippen molar-refractivity contribution >= 4 is 43.4 Å². The Balaban J connectivity index is 0.000000163. The van der Waals surface area contributed by atoms with Crippen LogP contribution in [0.15, 0.2) is 82.6 Å². The van der Waals surface area contributed by atoms with Crippen molar-refractivity contribution < 1.29 is 33.8 Å². The average Bonchev–Trinajstić information content (AvgIpc) is 3.39. The first-order valence-electron chi connectivity index (χ1n) is 15.8. The third-order valence-corrected chi connectivity index (χ3v) is 11.3. The van der Waals surface area contributed by atoms with Crippen molar-refractivity contribution in [1.82, 2.24) is 9.80 Å². The summed E-state index contributed by atoms with van der Waals surface area (Å²) in [5.74, 6) is 2.09. The minimum Gasteiger partial charge on any atom is -0.493 e. The second-order valence-electron chi connectivity index (χ2n) is 13.1. The Bertz CT molecular complexity index is 1650. The molecule has 0 amide bonds. The van der Waals surface area contributed by atoms with Crippen LogP contribution in [-0.4, -0.2) is 95.2 Å². The molecule has 2 bridgehead atoms. The van der Waals surface area contributed by atoms with E-state index in [0.29, 0.717) is 18.0 Å². The first-order valence-corrected chi connectivity index (χ1v) is 18.2. The van der Waals surface area contributed by atoms with Crippen molar-refractivity contribution in [1.29, 1.82) is 0 Å². The number of benzene rings is 3. The van der Waals surface area contributed by atoms with Crippen molar-refractivity contribution in [3.05, 3.63) is 83.9 Å². The number of aliphatic hydroxyl groups is 1. The van der Waals surface area contributed by atoms with Crippen LogP contribution in [0.25, 0.3) is 0 Å². The molecule has 4 N–H and O–H groups in total. The molecule has 6 atom stereocenters. The SMILES string of the molecule is CC(CN1c2ccccc2Sc2ccccc21)N(C)C.COc1ccc2c3c1O[C@H]1[C@@H](O)C=C[C@H]4[C@@H](C2)N(C)CC[C@@]341.Cl.O=P(O)(O)O. The Morgan fingerprint density at radius 3 is 2.23 bits per heavy atom. The summed E-state index contributed by atoms with van der Waals surface area (Å²) in [4.78, 5) is 31.4. The van der Waals surface area contributed by atoms with E-state index in [0.717, 1.165) is 37.4 Å². The minimum atomic E-state index is -4.64. The minimum absolute atomic E-state index is 0. The molecule has 0 radical (unpaired) electrons. The van der Waals surface area contributed by atoms with Gasteiger partial charge in [0.15, 0.2) is 11.5 Å². The van der Waals surface area contributed by atoms with E-state index < -0.39 is 13.9 Å². The standard InChI is InChI=1S/C18H21NO3.C17H20N2S.ClH.H3O4P/c1-19-8-7-18-11-4-5-13(20)17(18)22-16-14(21-2)6-3-10(15(16)18)9-12(11)19;1-13(18(2)3)12-19-14-8-4-6-10-16(14)20-17-11-7-5-9-15(17)19;;1-5(2,3)4/h3-6,11-13,17,20H,7-9H2,1-2H3;4-11,13H,12H2,1-3H3;1H;(H3,1,2,3,4)/t11-,12+,13-,17-,18-;;;/m0.../s1. The number of hydrogen-bond donors (Lipinski definition) is 4. The van der Waals surface area contributed by atoms with Crippen molar-refractivity contribution in [3.63, 3.8) is 0 Å². The summed E-state index contributed by atoms with van der Waals surface area (Å²) in [6.45, 7) is 4.33. The summed E-state index contributed by atoms with van der Waals surface area (Å²) in [5.41, 5.74) is 5.25. The topological polar surface area (TPSA) is 126 Å². The summed E-state index contributed by atoms with van der Waals surface area (Å²) >= 11 is 1.87. The predicted octanol–water partition coefficient (Wildman–Crippen LogP) is 5.23. The lowest BCUT2D eigenvalue weighted by atomic mass is 9.53. The van der Waals surface area contributed by atoms with Gasteiger partial charge in [-0.25, -0.2) is 4.57 Å². The van der Waals surface area contributed by atoms with Gasteiger partial charge >= 0.3 is 7.82 Å². The van der Waals surface area contributed by atoms with Crippen LogP contribution in [0, 0.1) is 5.92 Å². The zero-order chi connectivity index (χ0) is 33.7. The summed E-state index contributed by atoms with van der Waals surface area (Å²) in [5, 5.41) is 10.6. The number of methoxy groups -OCH3 is 1. The van der Waals surface area contributed by atoms with Crippen molar-refractivity contribution in [2.75, 3.05) is 46.2 Å². The highest BCUT2D eigenvalue weighted by molar-refractivity contribution is 7.99. The number of hydrogen-bond acceptors (Lipinski definition) is 8. The second kappa shape index (κ2) is 14.3. The van der Waals surface area contributed by atoms with Gasteiger partial charge in [0.25, 0.3) is 0 Å². The van der Waals surface area contributed by atoms with Crippen LogP contribution < -0.4 is 14.4 Å². The van der Waals surface area contributed by atoms with Gasteiger partial charge in [-0.05, 0) is 83.3 Å². The number of rotatable bonds is 4. The molecule has 1 saturated heterocycles. The molecule has 3 aromatic carbocycles. The van der Waals surface area contributed by atoms with Gasteiger partial charge in [-0.15, -0.1) is 12.4 Å². The van der Waals surface area contributed by atoms with E-state index in [1.165, 1.54) is 32.3 Å². The number of piperidine rings is 1. The fourth-order valence-electron chi connectivity index (χ4n) is 7.79. The molecule has 3 aliphatic heterocycles. The molecule has 10 nitrogen and oxygen atoms in total. The maximum absolute atomic E-state index is 10.6. The van der Waals surface area contributed by atoms with E-state index in [-0.39, 0.29) is 23.9 Å². The van der Waals surface area contributed by atoms with Gasteiger partial charge in [0.05, 0.1) is 18.5 Å². The molecule has 1 fully saturated rings. The predicted molar refractivity (Wildman–Crippen MR) is 191 cm³/mol. The maximum Gasteiger partial charge on any atom is 0.466 e. The zero-order valence-corrected chi connectivity index (χ0v) is 30.3. The molecule has 8 rings (SSSR count). The Morgan fingerprint density at radius 1 is 1.04 bits per heavy atom. The van der Waals surface area contributed by atoms with Crippen LogP contribution in [0.4, 0.5) is 11.4 Å². The molecule has 0 saturated carbocycles. The number of halogens is 1. The number of anilines is 2. The average molecular weight is 718 g/mol. The molecule has 1 spiro atoms. The molecule has 13 heteroatoms. The first kappa shape index (κ1) is 36.7. The van der Waals surface area contributed by atoms with Crippen molar-refractivity contribution in [2.45, 2.75) is 59.3 Å². The number of para-hydroxylation sites is 2. The lowest BCUT2D eigenvalue weighted by molar-refractivity contribution is -0.0453. The Kier molecular flexibility index (Phi) is 11.0. The lowest BCUT2D eigenvalue weighted by Gasteiger charge is -2.56. The summed E-state index contributed by atoms with van der Waals surface area (Å²) in [6, 6.07) is 22.6. The third-order valence-electron chi connectivity index (χ3n) is 10.2. The molecule has 260 valence electrons. The second-order valence-corrected chi connectivity index (χ2v) is 15.2. The molecule has 2 aliphatic carbocycles. The molecule has 48 heavy (non-hydrogen) atoms. The number of likely N-dealkylation sites (tertiary alicyclic amines) is 1. The molecular weight excluding hydrogens is 673 g/mol. The number of ether oxygens (including phenoxy) is 2. The van der Waals surface area contributed by atoms with Crippen molar-refractivity contribution in [3.8, 4) is 11.5 Å². The highest BCUT2D eigenvalue weighted by Gasteiger charge is 2.64. The van der Waals surface area contributed by atoms with Gasteiger partial charge in [0.2, 0.25) is 0 Å². The Hall–Kier alpha value is -2.57. The van der Waals surface area contributed by atoms with Crippen LogP contribution in [0.5, 0.6) is 11.5 Å². The monoisotopic (exact) mass is 717 g/mol. The van der Waals surface area contributed by atoms with Gasteiger partial charge in [-0.3, -0.25) is 0 Å². The molecule has 3 heterocycles. The van der Waals surface area contributed by atoms with E-state index in [2.05, 4.69) is 103 Å². The zero-order valence-electron chi connectivity index (χ0n) is 27.8. The summed E-state index contributed by atoms with van der Waals surface area (Å²) in [7, 11) is 3.55. The highest BCUT2D eigenvalue weighted by Crippen LogP contribution is 2.62. The largest absolute Gasteiger partial charge is 0.493 e. The number of nitrogens with zero attached hydrogens (tertiary/aromatic N) is 3. The van der Waals surface area contributed by atoms with Crippen LogP contribution in [-0.2, 0) is 16.4 Å². The Morgan fingerprint density at radius 2 is 1.65 bits per heavy atom. The molecule has 5 aliphatic rings. The van der Waals surface area contributed by atoms with E-state index in [1.54, 1.807) is 7.11 Å². The third kappa shape index (κ3) is 6.77. The van der Waals surface area contributed by atoms with Gasteiger partial charge in [0.1, 0.15) is 12.2 Å². The normalized spacial score (nSPS) is 26.2. The first-order chi connectivity index (χ1) is 22.3. The van der Waals surface area contributed by atoms with Gasteiger partial charge in [-0.2, -0.15) is 0 Å². The lowest BCUT2D eigenvalue weighted by Crippen LogP contribution is -2.64. The van der Waals surface area contributed by atoms with Crippen LogP contribution in [0.2, 0.25) is 0 Å². The molecule has 0 aromatic heterocycles. The quantitative estimate of drug-likeness (QED) is 0.209. The number of likely N-dealkylation sites (N-methyl/N-ethyl adjacent to an activating group) is 2. The number of aliphatic hydroxyl groups excluding tert-OH is 1. The fraction of sp³-hybridized carbons (Fsp3) is 0.429. The Labute approximate surface area is 293 Å². The molecule has 3 aromatic rings. The highest BCUT2D eigenvalue weighted by atomic mass is 35.5. The summed E-state index contributed by atoms with van der Waals surface area (Å²) in [6.07, 6.45) is 5.54. The van der Waals surface area contributed by atoms with E-state index in [9.17, 15) is 5.11 Å². The van der Waals surface area contributed by atoms with E-state index >= 15 is 0 Å². The summed E-state index contributed by atoms with van der Waals surface area (Å²) < 4.78 is 20.7. The van der Waals surface area contributed by atoms with Crippen LogP contribution in [0.1, 0.15) is 24.5 Å². The van der Waals surface area contributed by atoms with E-state index in [4.69, 9.17) is 28.7 Å². The van der Waals surface area contributed by atoms with Gasteiger partial charge < -0.3 is 44.0 Å². The molecule has 1 unspecified atom stereocenters. The van der Waals surface area contributed by atoms with Crippen LogP contribution in [0.3, 0.4) is 0 Å². The number of fused-ring (bicyclic) bond motifs is 2. The van der Waals surface area contributed by atoms with Crippen molar-refractivity contribution in [2.24, 2.45) is 5.92 Å². The number of phosphoric acid groups is 1. The fourth-order valence-corrected chi connectivity index (χ4v) is 8.89. The van der Waals surface area contributed by atoms with E-state index in [1.807, 2.05) is 23.9 Å².